The van der Waals surface area contributed by atoms with Crippen LogP contribution in [0.4, 0.5) is 5.69 Å². The van der Waals surface area contributed by atoms with Gasteiger partial charge in [-0.05, 0) is 12.1 Å². The second-order valence-electron chi connectivity index (χ2n) is 3.16. The van der Waals surface area contributed by atoms with Crippen molar-refractivity contribution in [3.05, 3.63) is 18.2 Å². The van der Waals surface area contributed by atoms with Crippen molar-refractivity contribution in [3.63, 3.8) is 0 Å². The maximum atomic E-state index is 11.8. The van der Waals surface area contributed by atoms with Gasteiger partial charge in [0.05, 0.1) is 12.8 Å². The van der Waals surface area contributed by atoms with Crippen LogP contribution in [0.2, 0.25) is 0 Å². The van der Waals surface area contributed by atoms with Crippen LogP contribution in [0.3, 0.4) is 0 Å². The lowest BCUT2D eigenvalue weighted by atomic mass is 10.3. The minimum Gasteiger partial charge on any atom is -0.497 e. The van der Waals surface area contributed by atoms with Gasteiger partial charge in [0.25, 0.3) is 10.0 Å². The van der Waals surface area contributed by atoms with Crippen LogP contribution in [0, 0.1) is 0 Å². The summed E-state index contributed by atoms with van der Waals surface area (Å²) in [6.07, 6.45) is 0. The minimum absolute atomic E-state index is 0.152. The predicted molar refractivity (Wildman–Crippen MR) is 60.3 cm³/mol. The molecule has 16 heavy (non-hydrogen) atoms. The number of nitrogens with zero attached hydrogens (tertiary/aromatic N) is 1. The van der Waals surface area contributed by atoms with Crippen LogP contribution in [0.5, 0.6) is 5.75 Å². The highest BCUT2D eigenvalue weighted by Crippen LogP contribution is 2.28. The molecule has 0 unspecified atom stereocenters. The first kappa shape index (κ1) is 10.7. The zero-order valence-corrected chi connectivity index (χ0v) is 9.63. The van der Waals surface area contributed by atoms with Crippen molar-refractivity contribution in [1.82, 2.24) is 4.72 Å². The average Bonchev–Trinajstić information content (AvgIpc) is 2.27. The topological polar surface area (TPSA) is 79.8 Å². The Kier molecular flexibility index (Phi) is 2.47. The molecule has 1 heterocycles. The molecule has 2 rings (SSSR count). The van der Waals surface area contributed by atoms with Gasteiger partial charge in [-0.2, -0.15) is 0 Å². The fourth-order valence-electron chi connectivity index (χ4n) is 1.39. The monoisotopic (exact) mass is 241 g/mol. The van der Waals surface area contributed by atoms with Crippen LogP contribution >= 0.6 is 0 Å². The number of hydrogen-bond donors (Lipinski definition) is 2. The molecule has 2 N–H and O–H groups in total. The largest absolute Gasteiger partial charge is 0.497 e. The Labute approximate surface area is 93.4 Å². The molecule has 0 bridgehead atoms. The zero-order valence-electron chi connectivity index (χ0n) is 8.81. The van der Waals surface area contributed by atoms with E-state index in [1.54, 1.807) is 12.1 Å². The smallest absolute Gasteiger partial charge is 0.266 e. The number of aliphatic imine (C=N–C) groups is 1. The number of fused-ring (bicyclic) bond motifs is 1. The van der Waals surface area contributed by atoms with Crippen molar-refractivity contribution in [2.75, 3.05) is 19.5 Å². The van der Waals surface area contributed by atoms with E-state index in [9.17, 15) is 8.42 Å². The third-order valence-corrected chi connectivity index (χ3v) is 3.56. The molecule has 0 aliphatic carbocycles. The van der Waals surface area contributed by atoms with E-state index < -0.39 is 10.0 Å². The van der Waals surface area contributed by atoms with E-state index in [-0.39, 0.29) is 10.9 Å². The van der Waals surface area contributed by atoms with Crippen molar-refractivity contribution >= 4 is 21.7 Å². The average molecular weight is 241 g/mol. The molecule has 1 aromatic rings. The molecule has 0 atom stereocenters. The first-order valence-electron chi connectivity index (χ1n) is 4.51. The van der Waals surface area contributed by atoms with Crippen molar-refractivity contribution in [2.24, 2.45) is 4.99 Å². The van der Waals surface area contributed by atoms with E-state index in [1.807, 2.05) is 0 Å². The lowest BCUT2D eigenvalue weighted by Gasteiger charge is -2.21. The molecule has 0 saturated heterocycles. The molecule has 0 radical (unpaired) electrons. The van der Waals surface area contributed by atoms with Crippen LogP contribution in [0.25, 0.3) is 0 Å². The third-order valence-electron chi connectivity index (χ3n) is 2.19. The molecular weight excluding hydrogens is 230 g/mol. The van der Waals surface area contributed by atoms with Gasteiger partial charge < -0.3 is 10.1 Å². The lowest BCUT2D eigenvalue weighted by molar-refractivity contribution is 0.413. The van der Waals surface area contributed by atoms with Crippen molar-refractivity contribution in [2.45, 2.75) is 4.90 Å². The molecular formula is C9H11N3O3S. The van der Waals surface area contributed by atoms with E-state index in [0.29, 0.717) is 11.4 Å². The second-order valence-corrected chi connectivity index (χ2v) is 4.82. The first-order valence-corrected chi connectivity index (χ1v) is 6.00. The van der Waals surface area contributed by atoms with Gasteiger partial charge in [-0.15, -0.1) is 0 Å². The molecule has 1 aliphatic heterocycles. The van der Waals surface area contributed by atoms with E-state index in [0.717, 1.165) is 0 Å². The highest BCUT2D eigenvalue weighted by molar-refractivity contribution is 7.90. The summed E-state index contributed by atoms with van der Waals surface area (Å²) < 4.78 is 30.9. The van der Waals surface area contributed by atoms with Gasteiger partial charge in [0.2, 0.25) is 5.96 Å². The Morgan fingerprint density at radius 3 is 2.75 bits per heavy atom. The number of anilines is 1. The number of nitrogens with one attached hydrogen (secondary N) is 2. The molecule has 1 aliphatic rings. The minimum atomic E-state index is -3.56. The van der Waals surface area contributed by atoms with Gasteiger partial charge in [0.15, 0.2) is 0 Å². The zero-order chi connectivity index (χ0) is 11.8. The normalized spacial score (nSPS) is 19.5. The maximum absolute atomic E-state index is 11.8. The standard InChI is InChI=1S/C9H11N3O3S/c1-10-9-11-7-4-3-6(15-2)5-8(7)16(13,14)12-9/h3-5H,1-2H3,(H2,10,11,12). The molecule has 7 heteroatoms. The van der Waals surface area contributed by atoms with Crippen LogP contribution in [0.1, 0.15) is 0 Å². The summed E-state index contributed by atoms with van der Waals surface area (Å²) in [5.41, 5.74) is 0.486. The summed E-state index contributed by atoms with van der Waals surface area (Å²) in [5.74, 6) is 0.695. The van der Waals surface area contributed by atoms with E-state index in [2.05, 4.69) is 15.0 Å². The summed E-state index contributed by atoms with van der Waals surface area (Å²) in [6.45, 7) is 0. The Balaban J connectivity index is 2.60. The fourth-order valence-corrected chi connectivity index (χ4v) is 2.58. The van der Waals surface area contributed by atoms with Gasteiger partial charge in [0.1, 0.15) is 10.6 Å². The van der Waals surface area contributed by atoms with Crippen molar-refractivity contribution < 1.29 is 13.2 Å². The number of methoxy groups -OCH3 is 1. The summed E-state index contributed by atoms with van der Waals surface area (Å²) in [5, 5.41) is 2.86. The van der Waals surface area contributed by atoms with Gasteiger partial charge in [-0.1, -0.05) is 0 Å². The highest BCUT2D eigenvalue weighted by Gasteiger charge is 2.26. The highest BCUT2D eigenvalue weighted by atomic mass is 32.2. The third kappa shape index (κ3) is 1.69. The summed E-state index contributed by atoms with van der Waals surface area (Å²) >= 11 is 0. The molecule has 6 nitrogen and oxygen atoms in total. The Morgan fingerprint density at radius 2 is 2.12 bits per heavy atom. The van der Waals surface area contributed by atoms with Crippen LogP contribution in [-0.2, 0) is 10.0 Å². The van der Waals surface area contributed by atoms with Crippen molar-refractivity contribution in [3.8, 4) is 5.75 Å². The Bertz CT molecular complexity index is 551. The number of sulfonamides is 1. The number of guanidine groups is 1. The number of rotatable bonds is 1. The molecule has 0 spiro atoms. The number of benzene rings is 1. The second kappa shape index (κ2) is 3.67. The SMILES string of the molecule is CN=C1Nc2ccc(OC)cc2S(=O)(=O)N1. The van der Waals surface area contributed by atoms with Gasteiger partial charge in [-0.25, -0.2) is 13.1 Å². The molecule has 86 valence electrons. The quantitative estimate of drug-likeness (QED) is 0.745. The van der Waals surface area contributed by atoms with Crippen LogP contribution < -0.4 is 14.8 Å². The summed E-state index contributed by atoms with van der Waals surface area (Å²) in [4.78, 5) is 3.92. The fraction of sp³-hybridized carbons (Fsp3) is 0.222. The predicted octanol–water partition coefficient (Wildman–Crippen LogP) is 0.385. The molecule has 1 aromatic carbocycles. The van der Waals surface area contributed by atoms with Gasteiger partial charge in [-0.3, -0.25) is 4.99 Å². The first-order chi connectivity index (χ1) is 7.56. The molecule has 0 aromatic heterocycles. The maximum Gasteiger partial charge on any atom is 0.266 e. The van der Waals surface area contributed by atoms with E-state index >= 15 is 0 Å². The van der Waals surface area contributed by atoms with Crippen LogP contribution in [0.15, 0.2) is 28.1 Å². The summed E-state index contributed by atoms with van der Waals surface area (Å²) in [7, 11) is -0.577. The number of hydrogen-bond acceptors (Lipinski definition) is 4. The molecule has 0 fully saturated rings. The lowest BCUT2D eigenvalue weighted by Crippen LogP contribution is -2.40. The number of ether oxygens (including phenoxy) is 1. The van der Waals surface area contributed by atoms with Gasteiger partial charge in [0, 0.05) is 13.1 Å². The Morgan fingerprint density at radius 1 is 1.38 bits per heavy atom. The van der Waals surface area contributed by atoms with E-state index in [1.165, 1.54) is 20.2 Å². The molecule has 0 amide bonds. The Hall–Kier alpha value is -1.76. The van der Waals surface area contributed by atoms with Crippen LogP contribution in [-0.4, -0.2) is 28.5 Å². The van der Waals surface area contributed by atoms with Gasteiger partial charge >= 0.3 is 0 Å². The van der Waals surface area contributed by atoms with Crippen molar-refractivity contribution in [1.29, 1.82) is 0 Å². The molecule has 0 saturated carbocycles. The van der Waals surface area contributed by atoms with E-state index in [4.69, 9.17) is 4.74 Å². The summed E-state index contributed by atoms with van der Waals surface area (Å²) in [6, 6.07) is 4.77.